The molecular formula is C32H30N4O3. The van der Waals surface area contributed by atoms with Crippen LogP contribution in [0.4, 0.5) is 10.5 Å². The Labute approximate surface area is 227 Å². The second-order valence-electron chi connectivity index (χ2n) is 10.4. The van der Waals surface area contributed by atoms with Gasteiger partial charge in [-0.05, 0) is 40.8 Å². The Hall–Kier alpha value is -4.65. The average Bonchev–Trinajstić information content (AvgIpc) is 3.44. The summed E-state index contributed by atoms with van der Waals surface area (Å²) in [5.41, 5.74) is 5.63. The molecule has 0 bridgehead atoms. The molecule has 3 aromatic carbocycles. The summed E-state index contributed by atoms with van der Waals surface area (Å²) in [6.45, 7) is 8.21. The maximum Gasteiger partial charge on any atom is 0.332 e. The summed E-state index contributed by atoms with van der Waals surface area (Å²) < 4.78 is 0. The topological polar surface area (TPSA) is 85.5 Å². The molecular weight excluding hydrogens is 488 g/mol. The lowest BCUT2D eigenvalue weighted by Crippen LogP contribution is -2.44. The van der Waals surface area contributed by atoms with Crippen molar-refractivity contribution in [1.82, 2.24) is 15.2 Å². The first kappa shape index (κ1) is 24.7. The van der Waals surface area contributed by atoms with Crippen LogP contribution in [0.3, 0.4) is 0 Å². The lowest BCUT2D eigenvalue weighted by Gasteiger charge is -2.36. The van der Waals surface area contributed by atoms with E-state index in [1.807, 2.05) is 18.2 Å². The molecule has 2 aliphatic heterocycles. The van der Waals surface area contributed by atoms with E-state index in [2.05, 4.69) is 61.1 Å². The van der Waals surface area contributed by atoms with Crippen molar-refractivity contribution in [3.8, 4) is 0 Å². The van der Waals surface area contributed by atoms with E-state index in [1.165, 1.54) is 10.5 Å². The molecule has 2 aliphatic rings. The molecule has 2 N–H and O–H groups in total. The van der Waals surface area contributed by atoms with Crippen molar-refractivity contribution < 1.29 is 14.4 Å². The second kappa shape index (κ2) is 9.58. The number of nitrogens with zero attached hydrogens (tertiary/aromatic N) is 2. The number of aromatic amines is 1. The largest absolute Gasteiger partial charge is 0.356 e. The fourth-order valence-electron chi connectivity index (χ4n) is 5.83. The van der Waals surface area contributed by atoms with Crippen LogP contribution in [0.25, 0.3) is 10.9 Å². The summed E-state index contributed by atoms with van der Waals surface area (Å²) in [4.78, 5) is 47.6. The highest BCUT2D eigenvalue weighted by molar-refractivity contribution is 6.24. The predicted molar refractivity (Wildman–Crippen MR) is 152 cm³/mol. The molecule has 3 heterocycles. The molecule has 7 heteroatoms. The number of hydrogen-bond acceptors (Lipinski definition) is 3. The monoisotopic (exact) mass is 518 g/mol. The molecule has 7 nitrogen and oxygen atoms in total. The van der Waals surface area contributed by atoms with Crippen LogP contribution in [-0.4, -0.2) is 40.3 Å². The van der Waals surface area contributed by atoms with Gasteiger partial charge >= 0.3 is 6.03 Å². The third-order valence-corrected chi connectivity index (χ3v) is 7.76. The minimum Gasteiger partial charge on any atom is -0.356 e. The molecule has 0 aliphatic carbocycles. The summed E-state index contributed by atoms with van der Waals surface area (Å²) >= 11 is 0. The highest BCUT2D eigenvalue weighted by Gasteiger charge is 2.53. The molecule has 0 saturated carbocycles. The number of amides is 4. The first-order chi connectivity index (χ1) is 18.9. The zero-order valence-corrected chi connectivity index (χ0v) is 22.0. The van der Waals surface area contributed by atoms with Gasteiger partial charge in [0.15, 0.2) is 0 Å². The molecule has 0 spiro atoms. The standard InChI is InChI=1S/C32H30N4O3/c1-4-17-33-30(37)23-10-6-8-12-26(23)36-31(38)27-18-24-22-9-5-7-11-25(22)34-28(24)29(35(27)32(36)39)21-15-13-20(14-16-21)19(2)3/h4-16,19,27,29,34H,1,17-18H2,2-3H3,(H,33,37)/t27-,29+/m0/s1. The molecule has 0 unspecified atom stereocenters. The van der Waals surface area contributed by atoms with Gasteiger partial charge in [-0.3, -0.25) is 14.5 Å². The minimum atomic E-state index is -0.691. The molecule has 2 atom stereocenters. The number of carbonyl (C=O) groups excluding carboxylic acids is 3. The Morgan fingerprint density at radius 3 is 2.51 bits per heavy atom. The Bertz CT molecular complexity index is 1620. The van der Waals surface area contributed by atoms with Crippen LogP contribution in [0.15, 0.2) is 85.5 Å². The maximum absolute atomic E-state index is 14.2. The van der Waals surface area contributed by atoms with Crippen LogP contribution in [0.1, 0.15) is 58.5 Å². The molecule has 4 aromatic rings. The average molecular weight is 519 g/mol. The Kier molecular flexibility index (Phi) is 6.06. The van der Waals surface area contributed by atoms with Gasteiger partial charge in [0.1, 0.15) is 12.1 Å². The van der Waals surface area contributed by atoms with E-state index in [0.29, 0.717) is 12.3 Å². The number of para-hydroxylation sites is 2. The third-order valence-electron chi connectivity index (χ3n) is 7.76. The van der Waals surface area contributed by atoms with Gasteiger partial charge in [-0.15, -0.1) is 6.58 Å². The normalized spacial score (nSPS) is 18.4. The number of imide groups is 1. The van der Waals surface area contributed by atoms with E-state index in [4.69, 9.17) is 0 Å². The van der Waals surface area contributed by atoms with Crippen LogP contribution in [0.5, 0.6) is 0 Å². The van der Waals surface area contributed by atoms with Crippen molar-refractivity contribution in [2.45, 2.75) is 38.3 Å². The van der Waals surface area contributed by atoms with Gasteiger partial charge in [-0.2, -0.15) is 0 Å². The van der Waals surface area contributed by atoms with Gasteiger partial charge < -0.3 is 10.3 Å². The first-order valence-electron chi connectivity index (χ1n) is 13.2. The van der Waals surface area contributed by atoms with Gasteiger partial charge in [-0.25, -0.2) is 9.69 Å². The van der Waals surface area contributed by atoms with E-state index in [-0.39, 0.29) is 29.6 Å². The number of aromatic nitrogens is 1. The van der Waals surface area contributed by atoms with Gasteiger partial charge in [0.2, 0.25) is 0 Å². The van der Waals surface area contributed by atoms with Crippen molar-refractivity contribution >= 4 is 34.4 Å². The van der Waals surface area contributed by atoms with E-state index >= 15 is 0 Å². The summed E-state index contributed by atoms with van der Waals surface area (Å²) in [6, 6.07) is 21.4. The van der Waals surface area contributed by atoms with Gasteiger partial charge in [-0.1, -0.05) is 74.5 Å². The van der Waals surface area contributed by atoms with Gasteiger partial charge in [0.05, 0.1) is 11.3 Å². The minimum absolute atomic E-state index is 0.266. The number of H-pyrrole nitrogens is 1. The zero-order chi connectivity index (χ0) is 27.3. The number of anilines is 1. The molecule has 0 radical (unpaired) electrons. The van der Waals surface area contributed by atoms with Crippen molar-refractivity contribution in [3.63, 3.8) is 0 Å². The van der Waals surface area contributed by atoms with Crippen molar-refractivity contribution in [2.24, 2.45) is 0 Å². The van der Waals surface area contributed by atoms with Gasteiger partial charge in [0.25, 0.3) is 11.8 Å². The van der Waals surface area contributed by atoms with E-state index < -0.39 is 18.1 Å². The summed E-state index contributed by atoms with van der Waals surface area (Å²) in [5, 5.41) is 3.81. The van der Waals surface area contributed by atoms with Crippen molar-refractivity contribution in [1.29, 1.82) is 0 Å². The number of rotatable bonds is 6. The smallest absolute Gasteiger partial charge is 0.332 e. The van der Waals surface area contributed by atoms with Crippen LogP contribution in [0, 0.1) is 0 Å². The quantitative estimate of drug-likeness (QED) is 0.254. The summed E-state index contributed by atoms with van der Waals surface area (Å²) in [7, 11) is 0. The van der Waals surface area contributed by atoms with E-state index in [9.17, 15) is 14.4 Å². The van der Waals surface area contributed by atoms with Crippen molar-refractivity contribution in [3.05, 3.63) is 113 Å². The molecule has 6 rings (SSSR count). The highest BCUT2D eigenvalue weighted by atomic mass is 16.2. The van der Waals surface area contributed by atoms with E-state index in [0.717, 1.165) is 27.7 Å². The molecule has 196 valence electrons. The third kappa shape index (κ3) is 3.93. The predicted octanol–water partition coefficient (Wildman–Crippen LogP) is 5.69. The van der Waals surface area contributed by atoms with Crippen LogP contribution in [0.2, 0.25) is 0 Å². The number of urea groups is 1. The SMILES string of the molecule is C=CCNC(=O)c1ccccc1N1C(=O)[C@@H]2Cc3c([nH]c4ccccc34)[C@@H](c3ccc(C(C)C)cc3)N2C1=O. The molecule has 1 aromatic heterocycles. The molecule has 1 saturated heterocycles. The van der Waals surface area contributed by atoms with E-state index in [1.54, 1.807) is 35.2 Å². The molecule has 4 amide bonds. The summed E-state index contributed by atoms with van der Waals surface area (Å²) in [6.07, 6.45) is 1.98. The van der Waals surface area contributed by atoms with Crippen LogP contribution in [-0.2, 0) is 11.2 Å². The Morgan fingerprint density at radius 2 is 1.77 bits per heavy atom. The number of benzene rings is 3. The first-order valence-corrected chi connectivity index (χ1v) is 13.2. The number of fused-ring (bicyclic) bond motifs is 4. The maximum atomic E-state index is 14.2. The molecule has 1 fully saturated rings. The number of hydrogen-bond donors (Lipinski definition) is 2. The summed E-state index contributed by atoms with van der Waals surface area (Å²) in [5.74, 6) is -0.326. The lowest BCUT2D eigenvalue weighted by molar-refractivity contribution is -0.120. The highest BCUT2D eigenvalue weighted by Crippen LogP contribution is 2.45. The van der Waals surface area contributed by atoms with Gasteiger partial charge in [0, 0.05) is 29.6 Å². The lowest BCUT2D eigenvalue weighted by atomic mass is 9.88. The Morgan fingerprint density at radius 1 is 1.05 bits per heavy atom. The number of carbonyl (C=O) groups is 3. The fourth-order valence-corrected chi connectivity index (χ4v) is 5.83. The Balaban J connectivity index is 1.48. The zero-order valence-electron chi connectivity index (χ0n) is 22.0. The van der Waals surface area contributed by atoms with Crippen LogP contribution >= 0.6 is 0 Å². The van der Waals surface area contributed by atoms with Crippen molar-refractivity contribution in [2.75, 3.05) is 11.4 Å². The van der Waals surface area contributed by atoms with Crippen LogP contribution < -0.4 is 10.2 Å². The second-order valence-corrected chi connectivity index (χ2v) is 10.4. The number of nitrogens with one attached hydrogen (secondary N) is 2. The molecule has 39 heavy (non-hydrogen) atoms. The fraction of sp³-hybridized carbons (Fsp3) is 0.219.